The third-order valence-corrected chi connectivity index (χ3v) is 4.62. The molecule has 1 aliphatic carbocycles. The fourth-order valence-electron chi connectivity index (χ4n) is 2.72. The van der Waals surface area contributed by atoms with Gasteiger partial charge in [0, 0.05) is 26.3 Å². The van der Waals surface area contributed by atoms with Gasteiger partial charge in [-0.15, -0.1) is 0 Å². The second kappa shape index (κ2) is 6.94. The van der Waals surface area contributed by atoms with Gasteiger partial charge >= 0.3 is 5.97 Å². The number of carboxylic acid groups (broad SMARTS) is 1. The summed E-state index contributed by atoms with van der Waals surface area (Å²) in [6.45, 7) is 0.798. The van der Waals surface area contributed by atoms with Crippen molar-refractivity contribution in [2.45, 2.75) is 31.4 Å². The molecule has 2 aliphatic rings. The molecule has 0 spiro atoms. The van der Waals surface area contributed by atoms with Gasteiger partial charge in [0.25, 0.3) is 5.91 Å². The molecule has 7 nitrogen and oxygen atoms in total. The number of carboxylic acids is 1. The average molecular weight is 355 g/mol. The van der Waals surface area contributed by atoms with E-state index in [9.17, 15) is 14.7 Å². The van der Waals surface area contributed by atoms with E-state index in [1.165, 1.54) is 24.3 Å². The molecule has 130 valence electrons. The summed E-state index contributed by atoms with van der Waals surface area (Å²) >= 11 is 6.14. The van der Waals surface area contributed by atoms with Crippen molar-refractivity contribution in [3.63, 3.8) is 0 Å². The van der Waals surface area contributed by atoms with Crippen LogP contribution < -0.4 is 4.74 Å². The van der Waals surface area contributed by atoms with Gasteiger partial charge in [-0.05, 0) is 24.8 Å². The first-order valence-corrected chi connectivity index (χ1v) is 8.22. The van der Waals surface area contributed by atoms with Gasteiger partial charge in [-0.2, -0.15) is 0 Å². The second-order valence-electron chi connectivity index (χ2n) is 6.17. The first-order chi connectivity index (χ1) is 11.5. The predicted octanol–water partition coefficient (Wildman–Crippen LogP) is 1.84. The Kier molecular flexibility index (Phi) is 4.91. The summed E-state index contributed by atoms with van der Waals surface area (Å²) in [7, 11) is 1.50. The first kappa shape index (κ1) is 17.0. The number of amides is 1. The van der Waals surface area contributed by atoms with E-state index in [0.717, 1.165) is 12.8 Å². The minimum Gasteiger partial charge on any atom is -0.480 e. The lowest BCUT2D eigenvalue weighted by Crippen LogP contribution is -2.40. The topological polar surface area (TPSA) is 89.0 Å². The maximum absolute atomic E-state index is 12.6. The van der Waals surface area contributed by atoms with Crippen LogP contribution in [0.3, 0.4) is 0 Å². The number of carbonyl (C=O) groups excluding carboxylic acids is 1. The number of carbonyl (C=O) groups is 2. The van der Waals surface area contributed by atoms with Crippen molar-refractivity contribution in [3.05, 3.63) is 22.8 Å². The molecule has 1 amide bonds. The van der Waals surface area contributed by atoms with Crippen molar-refractivity contribution < 1.29 is 24.2 Å². The fraction of sp³-hybridized carbons (Fsp3) is 0.562. The van der Waals surface area contributed by atoms with E-state index < -0.39 is 17.9 Å². The van der Waals surface area contributed by atoms with Gasteiger partial charge in [-0.25, -0.2) is 9.78 Å². The van der Waals surface area contributed by atoms with Gasteiger partial charge in [0.05, 0.1) is 18.3 Å². The van der Waals surface area contributed by atoms with E-state index in [1.54, 1.807) is 0 Å². The average Bonchev–Trinajstić information content (AvgIpc) is 3.28. The van der Waals surface area contributed by atoms with Crippen molar-refractivity contribution in [2.75, 3.05) is 20.3 Å². The maximum Gasteiger partial charge on any atom is 0.326 e. The van der Waals surface area contributed by atoms with Crippen LogP contribution in [0.4, 0.5) is 0 Å². The lowest BCUT2D eigenvalue weighted by Gasteiger charge is -2.21. The molecule has 2 fully saturated rings. The Morgan fingerprint density at radius 2 is 2.21 bits per heavy atom. The van der Waals surface area contributed by atoms with Crippen LogP contribution in [-0.2, 0) is 9.53 Å². The summed E-state index contributed by atoms with van der Waals surface area (Å²) < 4.78 is 10.7. The zero-order valence-electron chi connectivity index (χ0n) is 13.3. The Labute approximate surface area is 144 Å². The number of aromatic nitrogens is 1. The van der Waals surface area contributed by atoms with Gasteiger partial charge in [0.1, 0.15) is 11.1 Å². The highest BCUT2D eigenvalue weighted by molar-refractivity contribution is 6.32. The molecule has 0 bridgehead atoms. The van der Waals surface area contributed by atoms with Crippen LogP contribution in [-0.4, -0.2) is 59.3 Å². The SMILES string of the molecule is COC1CC(C(=O)O)N(C(=O)c2cnc(OCC3CC3)c(Cl)c2)C1. The van der Waals surface area contributed by atoms with E-state index in [0.29, 0.717) is 18.4 Å². The van der Waals surface area contributed by atoms with Crippen molar-refractivity contribution in [3.8, 4) is 5.88 Å². The molecule has 24 heavy (non-hydrogen) atoms. The third kappa shape index (κ3) is 3.62. The van der Waals surface area contributed by atoms with Crippen LogP contribution in [0.1, 0.15) is 29.6 Å². The molecular weight excluding hydrogens is 336 g/mol. The minimum atomic E-state index is -1.05. The van der Waals surface area contributed by atoms with E-state index in [4.69, 9.17) is 21.1 Å². The standard InChI is InChI=1S/C16H19ClN2O5/c1-23-11-5-13(16(21)22)19(7-11)15(20)10-4-12(17)14(18-6-10)24-8-9-2-3-9/h4,6,9,11,13H,2-3,5,7-8H2,1H3,(H,21,22). The molecule has 0 radical (unpaired) electrons. The van der Waals surface area contributed by atoms with E-state index in [1.807, 2.05) is 0 Å². The smallest absolute Gasteiger partial charge is 0.326 e. The lowest BCUT2D eigenvalue weighted by atomic mass is 10.2. The highest BCUT2D eigenvalue weighted by atomic mass is 35.5. The molecular formula is C16H19ClN2O5. The van der Waals surface area contributed by atoms with Crippen LogP contribution in [0, 0.1) is 5.92 Å². The van der Waals surface area contributed by atoms with Crippen molar-refractivity contribution in [2.24, 2.45) is 5.92 Å². The highest BCUT2D eigenvalue weighted by Crippen LogP contribution is 2.31. The number of likely N-dealkylation sites (tertiary alicyclic amines) is 1. The number of hydrogen-bond acceptors (Lipinski definition) is 5. The number of rotatable bonds is 6. The van der Waals surface area contributed by atoms with Crippen LogP contribution >= 0.6 is 11.6 Å². The lowest BCUT2D eigenvalue weighted by molar-refractivity contribution is -0.141. The van der Waals surface area contributed by atoms with Crippen LogP contribution in [0.25, 0.3) is 0 Å². The number of aliphatic carboxylic acids is 1. The van der Waals surface area contributed by atoms with Crippen molar-refractivity contribution in [1.82, 2.24) is 9.88 Å². The monoisotopic (exact) mass is 354 g/mol. The molecule has 1 aliphatic heterocycles. The predicted molar refractivity (Wildman–Crippen MR) is 85.3 cm³/mol. The summed E-state index contributed by atoms with van der Waals surface area (Å²) in [6.07, 6.45) is 3.65. The Bertz CT molecular complexity index is 649. The quantitative estimate of drug-likeness (QED) is 0.838. The molecule has 1 N–H and O–H groups in total. The van der Waals surface area contributed by atoms with Crippen LogP contribution in [0.5, 0.6) is 5.88 Å². The molecule has 2 unspecified atom stereocenters. The van der Waals surface area contributed by atoms with Gasteiger partial charge in [-0.3, -0.25) is 4.79 Å². The summed E-state index contributed by atoms with van der Waals surface area (Å²) in [4.78, 5) is 29.4. The summed E-state index contributed by atoms with van der Waals surface area (Å²) in [5.41, 5.74) is 0.238. The molecule has 3 rings (SSSR count). The summed E-state index contributed by atoms with van der Waals surface area (Å²) in [6, 6.07) is 0.560. The summed E-state index contributed by atoms with van der Waals surface area (Å²) in [5.74, 6) is -0.612. The number of hydrogen-bond donors (Lipinski definition) is 1. The molecule has 2 atom stereocenters. The molecule has 1 saturated heterocycles. The van der Waals surface area contributed by atoms with Crippen LogP contribution in [0.2, 0.25) is 5.02 Å². The number of ether oxygens (including phenoxy) is 2. The maximum atomic E-state index is 12.6. The first-order valence-electron chi connectivity index (χ1n) is 7.84. The molecule has 0 aromatic carbocycles. The minimum absolute atomic E-state index is 0.226. The van der Waals surface area contributed by atoms with Gasteiger partial charge in [-0.1, -0.05) is 11.6 Å². The van der Waals surface area contributed by atoms with E-state index in [2.05, 4.69) is 4.98 Å². The van der Waals surface area contributed by atoms with Gasteiger partial charge < -0.3 is 19.5 Å². The largest absolute Gasteiger partial charge is 0.480 e. The molecule has 2 heterocycles. The fourth-order valence-corrected chi connectivity index (χ4v) is 2.94. The molecule has 1 aromatic rings. The number of pyridine rings is 1. The Hall–Kier alpha value is -1.86. The number of methoxy groups -OCH3 is 1. The molecule has 1 saturated carbocycles. The zero-order chi connectivity index (χ0) is 17.3. The van der Waals surface area contributed by atoms with Crippen LogP contribution in [0.15, 0.2) is 12.3 Å². The Morgan fingerprint density at radius 3 is 2.79 bits per heavy atom. The molecule has 1 aromatic heterocycles. The van der Waals surface area contributed by atoms with Gasteiger partial charge in [0.15, 0.2) is 0 Å². The summed E-state index contributed by atoms with van der Waals surface area (Å²) in [5, 5.41) is 9.55. The van der Waals surface area contributed by atoms with Crippen molar-refractivity contribution in [1.29, 1.82) is 0 Å². The highest BCUT2D eigenvalue weighted by Gasteiger charge is 2.40. The normalized spacial score (nSPS) is 23.3. The Morgan fingerprint density at radius 1 is 1.46 bits per heavy atom. The zero-order valence-corrected chi connectivity index (χ0v) is 14.0. The molecule has 8 heteroatoms. The van der Waals surface area contributed by atoms with E-state index >= 15 is 0 Å². The second-order valence-corrected chi connectivity index (χ2v) is 6.58. The van der Waals surface area contributed by atoms with Gasteiger partial charge in [0.2, 0.25) is 5.88 Å². The van der Waals surface area contributed by atoms with E-state index in [-0.39, 0.29) is 29.7 Å². The number of halogens is 1. The third-order valence-electron chi connectivity index (χ3n) is 4.35. The van der Waals surface area contributed by atoms with Crippen molar-refractivity contribution >= 4 is 23.5 Å². The Balaban J connectivity index is 1.73. The number of nitrogens with zero attached hydrogens (tertiary/aromatic N) is 2.